The first-order chi connectivity index (χ1) is 13.8. The number of amides is 1. The van der Waals surface area contributed by atoms with Crippen LogP contribution in [0.5, 0.6) is 0 Å². The van der Waals surface area contributed by atoms with E-state index < -0.39 is 22.6 Å². The monoisotopic (exact) mass is 425 g/mol. The van der Waals surface area contributed by atoms with Crippen molar-refractivity contribution in [1.29, 1.82) is 0 Å². The largest absolute Gasteiger partial charge is 0.438 e. The van der Waals surface area contributed by atoms with Gasteiger partial charge in [0, 0.05) is 4.75 Å². The van der Waals surface area contributed by atoms with Gasteiger partial charge in [-0.3, -0.25) is 9.69 Å². The predicted octanol–water partition coefficient (Wildman–Crippen LogP) is 6.25. The molecule has 4 nitrogen and oxygen atoms in total. The maximum Gasteiger partial charge on any atom is 0.412 e. The van der Waals surface area contributed by atoms with Gasteiger partial charge in [0.15, 0.2) is 5.78 Å². The minimum atomic E-state index is -0.832. The fourth-order valence-electron chi connectivity index (χ4n) is 4.39. The molecule has 160 valence electrons. The average molecular weight is 426 g/mol. The van der Waals surface area contributed by atoms with Gasteiger partial charge in [-0.15, -0.1) is 11.8 Å². The highest BCUT2D eigenvalue weighted by Gasteiger charge is 2.56. The second-order valence-corrected chi connectivity index (χ2v) is 11.6. The first-order valence-corrected chi connectivity index (χ1v) is 11.1. The van der Waals surface area contributed by atoms with Crippen molar-refractivity contribution in [2.24, 2.45) is 0 Å². The molecule has 2 aromatic rings. The van der Waals surface area contributed by atoms with Crippen LogP contribution in [0.15, 0.2) is 54.6 Å². The predicted molar refractivity (Wildman–Crippen MR) is 123 cm³/mol. The van der Waals surface area contributed by atoms with E-state index in [1.807, 2.05) is 84.0 Å². The third-order valence-corrected chi connectivity index (χ3v) is 7.07. The molecule has 0 aliphatic carbocycles. The molecule has 0 radical (unpaired) electrons. The van der Waals surface area contributed by atoms with E-state index in [-0.39, 0.29) is 10.5 Å². The summed E-state index contributed by atoms with van der Waals surface area (Å²) in [6.07, 6.45) is -0.463. The summed E-state index contributed by atoms with van der Waals surface area (Å²) < 4.78 is 5.61. The van der Waals surface area contributed by atoms with Gasteiger partial charge in [-0.05, 0) is 65.2 Å². The zero-order chi connectivity index (χ0) is 22.3. The summed E-state index contributed by atoms with van der Waals surface area (Å²) in [6, 6.07) is 17.7. The topological polar surface area (TPSA) is 46.6 Å². The number of hydrogen-bond acceptors (Lipinski definition) is 4. The molecule has 1 heterocycles. The average Bonchev–Trinajstić information content (AvgIpc) is 2.86. The molecule has 1 amide bonds. The molecule has 0 N–H and O–H groups in total. The van der Waals surface area contributed by atoms with Crippen molar-refractivity contribution >= 4 is 23.6 Å². The molecular formula is C25H31NO3S. The lowest BCUT2D eigenvalue weighted by Gasteiger charge is -2.37. The molecule has 3 rings (SSSR count). The van der Waals surface area contributed by atoms with E-state index >= 15 is 0 Å². The normalized spacial score (nSPS) is 20.1. The third-order valence-electron chi connectivity index (χ3n) is 5.62. The highest BCUT2D eigenvalue weighted by molar-refractivity contribution is 8.02. The van der Waals surface area contributed by atoms with E-state index in [4.69, 9.17) is 4.74 Å². The molecule has 0 aromatic heterocycles. The summed E-state index contributed by atoms with van der Waals surface area (Å²) in [4.78, 5) is 26.8. The molecule has 1 aliphatic heterocycles. The van der Waals surface area contributed by atoms with E-state index in [0.717, 1.165) is 16.7 Å². The van der Waals surface area contributed by atoms with Gasteiger partial charge in [0.05, 0.1) is 4.87 Å². The molecule has 1 atom stereocenters. The summed E-state index contributed by atoms with van der Waals surface area (Å²) in [5, 5.41) is 0. The number of ketones is 1. The van der Waals surface area contributed by atoms with Crippen molar-refractivity contribution in [3.8, 4) is 11.1 Å². The van der Waals surface area contributed by atoms with Crippen LogP contribution in [0.4, 0.5) is 4.79 Å². The number of ether oxygens (including phenoxy) is 1. The van der Waals surface area contributed by atoms with Gasteiger partial charge in [0.2, 0.25) is 0 Å². The van der Waals surface area contributed by atoms with Gasteiger partial charge in [-0.1, -0.05) is 54.6 Å². The van der Waals surface area contributed by atoms with E-state index in [9.17, 15) is 9.59 Å². The van der Waals surface area contributed by atoms with Gasteiger partial charge >= 0.3 is 6.09 Å². The molecule has 5 heteroatoms. The van der Waals surface area contributed by atoms with Crippen molar-refractivity contribution in [3.05, 3.63) is 60.2 Å². The minimum absolute atomic E-state index is 0.0277. The number of benzene rings is 2. The Morgan fingerprint density at radius 2 is 1.47 bits per heavy atom. The Morgan fingerprint density at radius 3 is 2.00 bits per heavy atom. The smallest absolute Gasteiger partial charge is 0.412 e. The summed E-state index contributed by atoms with van der Waals surface area (Å²) in [5.74, 6) is -0.0277. The zero-order valence-electron chi connectivity index (χ0n) is 18.9. The SMILES string of the molecule is CC(=O)[C@H]1N(C(=O)OC(C)(C)c2ccc(-c3ccccc3)cc2)C(C)(C)SC1(C)C. The number of carbonyl (C=O) groups excluding carboxylic acids is 2. The Bertz CT molecular complexity index is 933. The minimum Gasteiger partial charge on any atom is -0.438 e. The van der Waals surface area contributed by atoms with Crippen LogP contribution in [-0.4, -0.2) is 32.4 Å². The van der Waals surface area contributed by atoms with Crippen molar-refractivity contribution in [1.82, 2.24) is 4.90 Å². The first kappa shape index (κ1) is 22.4. The van der Waals surface area contributed by atoms with E-state index in [1.165, 1.54) is 0 Å². The van der Waals surface area contributed by atoms with Crippen LogP contribution < -0.4 is 0 Å². The van der Waals surface area contributed by atoms with Gasteiger partial charge in [0.25, 0.3) is 0 Å². The van der Waals surface area contributed by atoms with Gasteiger partial charge < -0.3 is 4.74 Å². The number of thioether (sulfide) groups is 1. The zero-order valence-corrected chi connectivity index (χ0v) is 19.7. The Hall–Kier alpha value is -2.27. The Kier molecular flexibility index (Phi) is 5.80. The molecular weight excluding hydrogens is 394 g/mol. The Morgan fingerprint density at radius 1 is 0.933 bits per heavy atom. The van der Waals surface area contributed by atoms with Crippen LogP contribution in [0.3, 0.4) is 0 Å². The molecule has 1 aliphatic rings. The second kappa shape index (κ2) is 7.77. The fraction of sp³-hybridized carbons (Fsp3) is 0.440. The van der Waals surface area contributed by atoms with Crippen LogP contribution in [0.2, 0.25) is 0 Å². The van der Waals surface area contributed by atoms with Crippen LogP contribution in [0, 0.1) is 0 Å². The molecule has 0 bridgehead atoms. The van der Waals surface area contributed by atoms with Crippen LogP contribution in [0.25, 0.3) is 11.1 Å². The lowest BCUT2D eigenvalue weighted by Crippen LogP contribution is -2.53. The number of carbonyl (C=O) groups is 2. The lowest BCUT2D eigenvalue weighted by molar-refractivity contribution is -0.123. The van der Waals surface area contributed by atoms with E-state index in [1.54, 1.807) is 23.6 Å². The van der Waals surface area contributed by atoms with Gasteiger partial charge in [-0.2, -0.15) is 0 Å². The van der Waals surface area contributed by atoms with Crippen molar-refractivity contribution in [2.45, 2.75) is 69.7 Å². The highest BCUT2D eigenvalue weighted by Crippen LogP contribution is 2.51. The maximum absolute atomic E-state index is 13.3. The van der Waals surface area contributed by atoms with Crippen molar-refractivity contribution < 1.29 is 14.3 Å². The highest BCUT2D eigenvalue weighted by atomic mass is 32.2. The van der Waals surface area contributed by atoms with Crippen LogP contribution >= 0.6 is 11.8 Å². The number of nitrogens with zero attached hydrogens (tertiary/aromatic N) is 1. The fourth-order valence-corrected chi connectivity index (χ4v) is 6.34. The first-order valence-electron chi connectivity index (χ1n) is 10.2. The molecule has 0 spiro atoms. The van der Waals surface area contributed by atoms with Crippen LogP contribution in [0.1, 0.15) is 54.0 Å². The second-order valence-electron chi connectivity index (χ2n) is 9.36. The summed E-state index contributed by atoms with van der Waals surface area (Å²) in [7, 11) is 0. The standard InChI is InChI=1S/C25H31NO3S/c1-17(27)21-24(4,5)30-25(6,7)26(21)22(28)29-23(2,3)20-15-13-19(14-16-20)18-11-9-8-10-12-18/h8-16,21H,1-7H3/t21-/m1/s1. The molecule has 1 fully saturated rings. The van der Waals surface area contributed by atoms with Crippen LogP contribution in [-0.2, 0) is 15.1 Å². The van der Waals surface area contributed by atoms with E-state index in [2.05, 4.69) is 12.1 Å². The molecule has 2 aromatic carbocycles. The van der Waals surface area contributed by atoms with E-state index in [0.29, 0.717) is 0 Å². The molecule has 30 heavy (non-hydrogen) atoms. The Balaban J connectivity index is 1.84. The third kappa shape index (κ3) is 4.27. The molecule has 0 saturated carbocycles. The number of Topliss-reactive ketones (excluding diaryl/α,β-unsaturated/α-hetero) is 1. The number of rotatable bonds is 4. The Labute approximate surface area is 184 Å². The molecule has 1 saturated heterocycles. The van der Waals surface area contributed by atoms with Gasteiger partial charge in [-0.25, -0.2) is 4.79 Å². The molecule has 0 unspecified atom stereocenters. The lowest BCUT2D eigenvalue weighted by atomic mass is 9.95. The van der Waals surface area contributed by atoms with Gasteiger partial charge in [0.1, 0.15) is 11.6 Å². The van der Waals surface area contributed by atoms with Crippen molar-refractivity contribution in [2.75, 3.05) is 0 Å². The quantitative estimate of drug-likeness (QED) is 0.581. The maximum atomic E-state index is 13.3. The summed E-state index contributed by atoms with van der Waals surface area (Å²) >= 11 is 1.62. The summed E-state index contributed by atoms with van der Waals surface area (Å²) in [5.41, 5.74) is 2.32. The number of hydrogen-bond donors (Lipinski definition) is 0. The summed E-state index contributed by atoms with van der Waals surface area (Å²) in [6.45, 7) is 13.2. The van der Waals surface area contributed by atoms with Crippen molar-refractivity contribution in [3.63, 3.8) is 0 Å².